The van der Waals surface area contributed by atoms with E-state index in [1.54, 1.807) is 6.20 Å². The molecule has 0 bridgehead atoms. The van der Waals surface area contributed by atoms with Gasteiger partial charge in [0.1, 0.15) is 0 Å². The van der Waals surface area contributed by atoms with E-state index >= 15 is 0 Å². The SMILES string of the molecule is O=C(c1cnco1)N1CCC[C@@H](c2ccn[nH]2)C1. The Balaban J connectivity index is 1.73. The van der Waals surface area contributed by atoms with Gasteiger partial charge in [0, 0.05) is 30.9 Å². The molecule has 1 N–H and O–H groups in total. The lowest BCUT2D eigenvalue weighted by Crippen LogP contribution is -2.39. The first-order valence-corrected chi connectivity index (χ1v) is 6.01. The zero-order valence-corrected chi connectivity index (χ0v) is 9.87. The van der Waals surface area contributed by atoms with E-state index in [1.807, 2.05) is 11.0 Å². The van der Waals surface area contributed by atoms with Crippen LogP contribution in [0.2, 0.25) is 0 Å². The average molecular weight is 246 g/mol. The highest BCUT2D eigenvalue weighted by Gasteiger charge is 2.27. The van der Waals surface area contributed by atoms with Crippen molar-refractivity contribution in [2.75, 3.05) is 13.1 Å². The maximum absolute atomic E-state index is 12.1. The van der Waals surface area contributed by atoms with Crippen LogP contribution >= 0.6 is 0 Å². The molecular formula is C12H14N4O2. The number of nitrogens with zero attached hydrogens (tertiary/aromatic N) is 3. The quantitative estimate of drug-likeness (QED) is 0.869. The van der Waals surface area contributed by atoms with Crippen LogP contribution in [0.25, 0.3) is 0 Å². The zero-order valence-electron chi connectivity index (χ0n) is 9.87. The Morgan fingerprint density at radius 3 is 3.22 bits per heavy atom. The lowest BCUT2D eigenvalue weighted by molar-refractivity contribution is 0.0673. The summed E-state index contributed by atoms with van der Waals surface area (Å²) in [5.74, 6) is 0.546. The van der Waals surface area contributed by atoms with Crippen molar-refractivity contribution in [1.82, 2.24) is 20.1 Å². The van der Waals surface area contributed by atoms with Crippen molar-refractivity contribution in [2.24, 2.45) is 0 Å². The fourth-order valence-corrected chi connectivity index (χ4v) is 2.39. The van der Waals surface area contributed by atoms with Crippen LogP contribution in [0, 0.1) is 0 Å². The molecule has 94 valence electrons. The molecule has 2 aromatic rings. The number of hydrogen-bond acceptors (Lipinski definition) is 4. The van der Waals surface area contributed by atoms with Crippen LogP contribution in [-0.4, -0.2) is 39.1 Å². The Morgan fingerprint density at radius 1 is 1.56 bits per heavy atom. The summed E-state index contributed by atoms with van der Waals surface area (Å²) >= 11 is 0. The fraction of sp³-hybridized carbons (Fsp3) is 0.417. The Morgan fingerprint density at radius 2 is 2.50 bits per heavy atom. The molecule has 1 fully saturated rings. The summed E-state index contributed by atoms with van der Waals surface area (Å²) < 4.78 is 5.05. The molecule has 2 aromatic heterocycles. The van der Waals surface area contributed by atoms with E-state index < -0.39 is 0 Å². The molecule has 6 nitrogen and oxygen atoms in total. The molecule has 1 aliphatic rings. The molecule has 0 aromatic carbocycles. The van der Waals surface area contributed by atoms with Crippen LogP contribution < -0.4 is 0 Å². The number of aromatic amines is 1. The fourth-order valence-electron chi connectivity index (χ4n) is 2.39. The molecule has 1 amide bonds. The highest BCUT2D eigenvalue weighted by molar-refractivity contribution is 5.91. The van der Waals surface area contributed by atoms with E-state index in [0.717, 1.165) is 25.1 Å². The number of rotatable bonds is 2. The molecule has 1 aliphatic heterocycles. The number of nitrogens with one attached hydrogen (secondary N) is 1. The van der Waals surface area contributed by atoms with Crippen molar-refractivity contribution in [3.63, 3.8) is 0 Å². The Hall–Kier alpha value is -2.11. The van der Waals surface area contributed by atoms with Crippen molar-refractivity contribution >= 4 is 5.91 Å². The van der Waals surface area contributed by atoms with Gasteiger partial charge in [-0.3, -0.25) is 9.89 Å². The number of piperidine rings is 1. The number of aromatic nitrogens is 3. The van der Waals surface area contributed by atoms with Crippen LogP contribution in [0.15, 0.2) is 29.3 Å². The molecule has 0 unspecified atom stereocenters. The molecule has 18 heavy (non-hydrogen) atoms. The number of hydrogen-bond donors (Lipinski definition) is 1. The minimum atomic E-state index is -0.0864. The second-order valence-electron chi connectivity index (χ2n) is 4.47. The van der Waals surface area contributed by atoms with Gasteiger partial charge in [-0.25, -0.2) is 4.98 Å². The first-order valence-electron chi connectivity index (χ1n) is 6.01. The second kappa shape index (κ2) is 4.64. The number of oxazole rings is 1. The topological polar surface area (TPSA) is 75.0 Å². The molecule has 1 atom stereocenters. The predicted octanol–water partition coefficient (Wildman–Crippen LogP) is 1.42. The molecule has 3 heterocycles. The van der Waals surface area contributed by atoms with Crippen LogP contribution in [0.1, 0.15) is 35.0 Å². The van der Waals surface area contributed by atoms with Gasteiger partial charge >= 0.3 is 0 Å². The van der Waals surface area contributed by atoms with Gasteiger partial charge < -0.3 is 9.32 Å². The van der Waals surface area contributed by atoms with E-state index in [4.69, 9.17) is 4.42 Å². The molecule has 1 saturated heterocycles. The van der Waals surface area contributed by atoms with Crippen molar-refractivity contribution in [2.45, 2.75) is 18.8 Å². The van der Waals surface area contributed by atoms with Gasteiger partial charge in [0.05, 0.1) is 6.20 Å². The second-order valence-corrected chi connectivity index (χ2v) is 4.47. The molecule has 6 heteroatoms. The number of likely N-dealkylation sites (tertiary alicyclic amines) is 1. The predicted molar refractivity (Wildman–Crippen MR) is 63.0 cm³/mol. The summed E-state index contributed by atoms with van der Waals surface area (Å²) in [6.45, 7) is 1.46. The van der Waals surface area contributed by atoms with Crippen molar-refractivity contribution in [1.29, 1.82) is 0 Å². The van der Waals surface area contributed by atoms with Crippen molar-refractivity contribution in [3.05, 3.63) is 36.3 Å². The molecule has 0 spiro atoms. The van der Waals surface area contributed by atoms with E-state index in [9.17, 15) is 4.79 Å². The summed E-state index contributed by atoms with van der Waals surface area (Å²) in [6.07, 6.45) is 6.55. The first kappa shape index (κ1) is 11.0. The van der Waals surface area contributed by atoms with Gasteiger partial charge in [-0.15, -0.1) is 0 Å². The van der Waals surface area contributed by atoms with Gasteiger partial charge in [-0.1, -0.05) is 0 Å². The minimum absolute atomic E-state index is 0.0864. The molecular weight excluding hydrogens is 232 g/mol. The highest BCUT2D eigenvalue weighted by atomic mass is 16.3. The van der Waals surface area contributed by atoms with Crippen molar-refractivity contribution in [3.8, 4) is 0 Å². The highest BCUT2D eigenvalue weighted by Crippen LogP contribution is 2.26. The third-order valence-corrected chi connectivity index (χ3v) is 3.31. The lowest BCUT2D eigenvalue weighted by Gasteiger charge is -2.31. The summed E-state index contributed by atoms with van der Waals surface area (Å²) in [5, 5.41) is 6.94. The van der Waals surface area contributed by atoms with Crippen LogP contribution in [-0.2, 0) is 0 Å². The number of carbonyl (C=O) groups is 1. The number of H-pyrrole nitrogens is 1. The summed E-state index contributed by atoms with van der Waals surface area (Å²) in [6, 6.07) is 1.97. The van der Waals surface area contributed by atoms with Gasteiger partial charge in [0.15, 0.2) is 6.39 Å². The summed E-state index contributed by atoms with van der Waals surface area (Å²) in [4.78, 5) is 17.7. The molecule has 0 radical (unpaired) electrons. The first-order chi connectivity index (χ1) is 8.84. The lowest BCUT2D eigenvalue weighted by atomic mass is 9.95. The third kappa shape index (κ3) is 2.01. The Labute approximate surface area is 104 Å². The smallest absolute Gasteiger partial charge is 0.291 e. The minimum Gasteiger partial charge on any atom is -0.438 e. The van der Waals surface area contributed by atoms with Gasteiger partial charge in [-0.2, -0.15) is 5.10 Å². The van der Waals surface area contributed by atoms with Gasteiger partial charge in [-0.05, 0) is 18.9 Å². The van der Waals surface area contributed by atoms with Crippen molar-refractivity contribution < 1.29 is 9.21 Å². The van der Waals surface area contributed by atoms with Gasteiger partial charge in [0.2, 0.25) is 5.76 Å². The standard InChI is InChI=1S/C12H14N4O2/c17-12(11-6-13-8-18-11)16-5-1-2-9(7-16)10-3-4-14-15-10/h3-4,6,8-9H,1-2,5,7H2,(H,14,15)/t9-/m1/s1. The van der Waals surface area contributed by atoms with E-state index in [-0.39, 0.29) is 5.91 Å². The number of carbonyl (C=O) groups excluding carboxylic acids is 1. The third-order valence-electron chi connectivity index (χ3n) is 3.31. The van der Waals surface area contributed by atoms with E-state index in [2.05, 4.69) is 15.2 Å². The maximum atomic E-state index is 12.1. The maximum Gasteiger partial charge on any atom is 0.291 e. The molecule has 0 saturated carbocycles. The van der Waals surface area contributed by atoms with E-state index in [1.165, 1.54) is 12.6 Å². The van der Waals surface area contributed by atoms with Crippen LogP contribution in [0.4, 0.5) is 0 Å². The molecule has 0 aliphatic carbocycles. The largest absolute Gasteiger partial charge is 0.438 e. The van der Waals surface area contributed by atoms with Crippen LogP contribution in [0.3, 0.4) is 0 Å². The van der Waals surface area contributed by atoms with Crippen LogP contribution in [0.5, 0.6) is 0 Å². The number of amides is 1. The summed E-state index contributed by atoms with van der Waals surface area (Å²) in [5.41, 5.74) is 1.09. The zero-order chi connectivity index (χ0) is 12.4. The average Bonchev–Trinajstić information content (AvgIpc) is 3.11. The van der Waals surface area contributed by atoms with E-state index in [0.29, 0.717) is 18.2 Å². The summed E-state index contributed by atoms with van der Waals surface area (Å²) in [7, 11) is 0. The normalized spacial score (nSPS) is 20.0. The molecule has 3 rings (SSSR count). The monoisotopic (exact) mass is 246 g/mol. The Kier molecular flexibility index (Phi) is 2.84. The Bertz CT molecular complexity index is 506. The van der Waals surface area contributed by atoms with Gasteiger partial charge in [0.25, 0.3) is 5.91 Å².